The van der Waals surface area contributed by atoms with Crippen molar-refractivity contribution in [1.29, 1.82) is 0 Å². The third kappa shape index (κ3) is 2.79. The molecular formula is C11H11FO4. The van der Waals surface area contributed by atoms with Crippen molar-refractivity contribution in [2.24, 2.45) is 0 Å². The van der Waals surface area contributed by atoms with Crippen LogP contribution in [0.25, 0.3) is 0 Å². The molecule has 1 aromatic carbocycles. The first-order valence-electron chi connectivity index (χ1n) is 4.52. The molecule has 0 heterocycles. The van der Waals surface area contributed by atoms with E-state index in [-0.39, 0.29) is 11.3 Å². The lowest BCUT2D eigenvalue weighted by Gasteiger charge is -2.06. The summed E-state index contributed by atoms with van der Waals surface area (Å²) >= 11 is 0. The van der Waals surface area contributed by atoms with Gasteiger partial charge in [-0.05, 0) is 18.2 Å². The molecule has 0 saturated carbocycles. The predicted octanol–water partition coefficient (Wildman–Crippen LogP) is 1.58. The Morgan fingerprint density at radius 2 is 2.00 bits per heavy atom. The third-order valence-corrected chi connectivity index (χ3v) is 1.99. The largest absolute Gasteiger partial charge is 0.496 e. The highest BCUT2D eigenvalue weighted by Gasteiger charge is 2.17. The van der Waals surface area contributed by atoms with Gasteiger partial charge in [-0.25, -0.2) is 4.39 Å². The maximum absolute atomic E-state index is 12.9. The smallest absolute Gasteiger partial charge is 0.313 e. The minimum atomic E-state index is -0.670. The molecule has 1 rings (SSSR count). The number of carbonyl (C=O) groups excluding carboxylic acids is 2. The lowest BCUT2D eigenvalue weighted by atomic mass is 10.1. The van der Waals surface area contributed by atoms with Crippen LogP contribution >= 0.6 is 0 Å². The number of rotatable bonds is 4. The van der Waals surface area contributed by atoms with Gasteiger partial charge in [0.1, 0.15) is 18.0 Å². The van der Waals surface area contributed by atoms with Crippen molar-refractivity contribution >= 4 is 11.8 Å². The van der Waals surface area contributed by atoms with E-state index in [2.05, 4.69) is 4.74 Å². The van der Waals surface area contributed by atoms with Crippen LogP contribution in [0.1, 0.15) is 16.8 Å². The Morgan fingerprint density at radius 1 is 1.31 bits per heavy atom. The first kappa shape index (κ1) is 12.2. The van der Waals surface area contributed by atoms with Gasteiger partial charge in [-0.15, -0.1) is 0 Å². The van der Waals surface area contributed by atoms with E-state index in [9.17, 15) is 14.0 Å². The molecule has 0 aliphatic heterocycles. The number of ether oxygens (including phenoxy) is 2. The van der Waals surface area contributed by atoms with Gasteiger partial charge in [0.05, 0.1) is 19.8 Å². The lowest BCUT2D eigenvalue weighted by molar-refractivity contribution is -0.139. The number of halogens is 1. The van der Waals surface area contributed by atoms with E-state index in [0.717, 1.165) is 6.07 Å². The summed E-state index contributed by atoms with van der Waals surface area (Å²) in [4.78, 5) is 22.5. The van der Waals surface area contributed by atoms with E-state index in [1.807, 2.05) is 0 Å². The highest BCUT2D eigenvalue weighted by molar-refractivity contribution is 6.07. The van der Waals surface area contributed by atoms with Crippen LogP contribution < -0.4 is 4.74 Å². The molecule has 0 N–H and O–H groups in total. The number of carbonyl (C=O) groups is 2. The lowest BCUT2D eigenvalue weighted by Crippen LogP contribution is -2.10. The molecular weight excluding hydrogens is 215 g/mol. The zero-order valence-corrected chi connectivity index (χ0v) is 8.95. The summed E-state index contributed by atoms with van der Waals surface area (Å²) in [5.74, 6) is -1.54. The monoisotopic (exact) mass is 226 g/mol. The first-order chi connectivity index (χ1) is 7.58. The van der Waals surface area contributed by atoms with Crippen molar-refractivity contribution in [3.05, 3.63) is 29.6 Å². The van der Waals surface area contributed by atoms with E-state index in [1.54, 1.807) is 0 Å². The van der Waals surface area contributed by atoms with E-state index < -0.39 is 24.0 Å². The van der Waals surface area contributed by atoms with Gasteiger partial charge in [0.15, 0.2) is 5.78 Å². The molecule has 0 atom stereocenters. The Morgan fingerprint density at radius 3 is 2.56 bits per heavy atom. The molecule has 0 saturated heterocycles. The summed E-state index contributed by atoms with van der Waals surface area (Å²) in [6.45, 7) is 0. The predicted molar refractivity (Wildman–Crippen MR) is 53.9 cm³/mol. The maximum Gasteiger partial charge on any atom is 0.313 e. The minimum absolute atomic E-state index is 0.0351. The number of methoxy groups -OCH3 is 2. The molecule has 5 heteroatoms. The van der Waals surface area contributed by atoms with Gasteiger partial charge in [-0.3, -0.25) is 9.59 Å². The van der Waals surface area contributed by atoms with Crippen LogP contribution in [0, 0.1) is 5.82 Å². The van der Waals surface area contributed by atoms with Crippen molar-refractivity contribution in [2.75, 3.05) is 14.2 Å². The van der Waals surface area contributed by atoms with E-state index in [0.29, 0.717) is 0 Å². The zero-order valence-electron chi connectivity index (χ0n) is 8.95. The molecule has 0 aromatic heterocycles. The van der Waals surface area contributed by atoms with Crippen molar-refractivity contribution in [1.82, 2.24) is 0 Å². The third-order valence-electron chi connectivity index (χ3n) is 1.99. The van der Waals surface area contributed by atoms with Gasteiger partial charge in [-0.1, -0.05) is 0 Å². The molecule has 0 spiro atoms. The fraction of sp³-hybridized carbons (Fsp3) is 0.273. The van der Waals surface area contributed by atoms with Crippen LogP contribution in [0.2, 0.25) is 0 Å². The van der Waals surface area contributed by atoms with Gasteiger partial charge in [-0.2, -0.15) is 0 Å². The fourth-order valence-electron chi connectivity index (χ4n) is 1.20. The Labute approximate surface area is 92.0 Å². The van der Waals surface area contributed by atoms with Crippen LogP contribution in [0.3, 0.4) is 0 Å². The Hall–Kier alpha value is -1.91. The number of esters is 1. The molecule has 0 unspecified atom stereocenters. The van der Waals surface area contributed by atoms with E-state index in [1.165, 1.54) is 26.4 Å². The summed E-state index contributed by atoms with van der Waals surface area (Å²) in [6.07, 6.45) is -0.434. The topological polar surface area (TPSA) is 52.6 Å². The molecule has 4 nitrogen and oxygen atoms in total. The number of Topliss-reactive ketones (excluding diaryl/α,β-unsaturated/α-hetero) is 1. The maximum atomic E-state index is 12.9. The van der Waals surface area contributed by atoms with Gasteiger partial charge in [0.2, 0.25) is 0 Å². The average molecular weight is 226 g/mol. The molecule has 1 aromatic rings. The number of hydrogen-bond acceptors (Lipinski definition) is 4. The summed E-state index contributed by atoms with van der Waals surface area (Å²) in [5, 5.41) is 0. The second kappa shape index (κ2) is 5.25. The van der Waals surface area contributed by atoms with Crippen molar-refractivity contribution in [3.63, 3.8) is 0 Å². The second-order valence-corrected chi connectivity index (χ2v) is 3.02. The SMILES string of the molecule is COC(=O)CC(=O)c1cc(F)ccc1OC. The van der Waals surface area contributed by atoms with Crippen LogP contribution in [-0.2, 0) is 9.53 Å². The van der Waals surface area contributed by atoms with Gasteiger partial charge >= 0.3 is 5.97 Å². The molecule has 86 valence electrons. The van der Waals surface area contributed by atoms with Gasteiger partial charge in [0.25, 0.3) is 0 Å². The van der Waals surface area contributed by atoms with Crippen LogP contribution in [0.15, 0.2) is 18.2 Å². The Bertz CT molecular complexity index is 414. The average Bonchev–Trinajstić information content (AvgIpc) is 2.28. The van der Waals surface area contributed by atoms with E-state index in [4.69, 9.17) is 4.74 Å². The fourth-order valence-corrected chi connectivity index (χ4v) is 1.20. The highest BCUT2D eigenvalue weighted by atomic mass is 19.1. The van der Waals surface area contributed by atoms with E-state index >= 15 is 0 Å². The van der Waals surface area contributed by atoms with Gasteiger partial charge < -0.3 is 9.47 Å². The van der Waals surface area contributed by atoms with Crippen molar-refractivity contribution in [3.8, 4) is 5.75 Å². The standard InChI is InChI=1S/C11H11FO4/c1-15-10-4-3-7(12)5-8(10)9(13)6-11(14)16-2/h3-5H,6H2,1-2H3. The summed E-state index contributed by atoms with van der Waals surface area (Å²) in [5.41, 5.74) is 0.0351. The van der Waals surface area contributed by atoms with Crippen LogP contribution in [0.5, 0.6) is 5.75 Å². The van der Waals surface area contributed by atoms with Gasteiger partial charge in [0, 0.05) is 0 Å². The second-order valence-electron chi connectivity index (χ2n) is 3.02. The highest BCUT2D eigenvalue weighted by Crippen LogP contribution is 2.20. The normalized spacial score (nSPS) is 9.69. The number of hydrogen-bond donors (Lipinski definition) is 0. The quantitative estimate of drug-likeness (QED) is 0.444. The van der Waals surface area contributed by atoms with Crippen molar-refractivity contribution in [2.45, 2.75) is 6.42 Å². The molecule has 0 radical (unpaired) electrons. The molecule has 0 amide bonds. The molecule has 0 aliphatic rings. The number of benzene rings is 1. The van der Waals surface area contributed by atoms with Crippen LogP contribution in [-0.4, -0.2) is 26.0 Å². The first-order valence-corrected chi connectivity index (χ1v) is 4.52. The molecule has 0 fully saturated rings. The Kier molecular flexibility index (Phi) is 3.99. The van der Waals surface area contributed by atoms with Crippen LogP contribution in [0.4, 0.5) is 4.39 Å². The molecule has 16 heavy (non-hydrogen) atoms. The van der Waals surface area contributed by atoms with Crippen molar-refractivity contribution < 1.29 is 23.5 Å². The number of ketones is 1. The summed E-state index contributed by atoms with van der Waals surface area (Å²) in [7, 11) is 2.54. The zero-order chi connectivity index (χ0) is 12.1. The minimum Gasteiger partial charge on any atom is -0.496 e. The Balaban J connectivity index is 2.97. The molecule has 0 aliphatic carbocycles. The molecule has 0 bridgehead atoms. The summed E-state index contributed by atoms with van der Waals surface area (Å²) in [6, 6.07) is 3.54. The summed E-state index contributed by atoms with van der Waals surface area (Å²) < 4.78 is 22.2.